The minimum absolute atomic E-state index is 0.0832. The van der Waals surface area contributed by atoms with Crippen LogP contribution in [0.4, 0.5) is 5.69 Å². The number of benzene rings is 2. The summed E-state index contributed by atoms with van der Waals surface area (Å²) in [6.45, 7) is 8.00. The third-order valence-electron chi connectivity index (χ3n) is 5.82. The van der Waals surface area contributed by atoms with Gasteiger partial charge in [0.05, 0.1) is 18.0 Å². The summed E-state index contributed by atoms with van der Waals surface area (Å²) in [5, 5.41) is 2.91. The van der Waals surface area contributed by atoms with Crippen molar-refractivity contribution >= 4 is 27.5 Å². The van der Waals surface area contributed by atoms with Gasteiger partial charge in [-0.3, -0.25) is 14.5 Å². The van der Waals surface area contributed by atoms with Crippen LogP contribution in [-0.4, -0.2) is 56.3 Å². The molecule has 0 aromatic heterocycles. The Labute approximate surface area is 201 Å². The zero-order valence-electron chi connectivity index (χ0n) is 20.2. The fraction of sp³-hybridized carbons (Fsp3) is 0.440. The number of sulfonamides is 1. The number of nitrogens with zero attached hydrogens (tertiary/aromatic N) is 2. The molecule has 3 rings (SSSR count). The van der Waals surface area contributed by atoms with Gasteiger partial charge >= 0.3 is 0 Å². The van der Waals surface area contributed by atoms with E-state index in [0.29, 0.717) is 30.5 Å². The third-order valence-corrected chi connectivity index (χ3v) is 7.63. The zero-order chi connectivity index (χ0) is 24.9. The van der Waals surface area contributed by atoms with E-state index >= 15 is 0 Å². The van der Waals surface area contributed by atoms with Gasteiger partial charge in [-0.15, -0.1) is 0 Å². The van der Waals surface area contributed by atoms with Crippen molar-refractivity contribution in [2.45, 2.75) is 44.6 Å². The topological polar surface area (TPSA) is 96.0 Å². The Kier molecular flexibility index (Phi) is 7.99. The second-order valence-corrected chi connectivity index (χ2v) is 10.9. The number of amides is 2. The van der Waals surface area contributed by atoms with Gasteiger partial charge in [0.25, 0.3) is 0 Å². The first kappa shape index (κ1) is 25.7. The molecule has 0 aliphatic carbocycles. The number of nitrogens with one attached hydrogen (secondary N) is 1. The Bertz CT molecular complexity index is 1100. The average Bonchev–Trinajstić information content (AvgIpc) is 2.80. The van der Waals surface area contributed by atoms with Gasteiger partial charge in [-0.25, -0.2) is 8.42 Å². The van der Waals surface area contributed by atoms with Crippen LogP contribution in [-0.2, 0) is 19.6 Å². The smallest absolute Gasteiger partial charge is 0.247 e. The lowest BCUT2D eigenvalue weighted by Gasteiger charge is -2.46. The highest BCUT2D eigenvalue weighted by Crippen LogP contribution is 2.33. The fourth-order valence-electron chi connectivity index (χ4n) is 4.00. The van der Waals surface area contributed by atoms with Crippen molar-refractivity contribution < 1.29 is 22.7 Å². The van der Waals surface area contributed by atoms with E-state index in [2.05, 4.69) is 19.2 Å². The standard InChI is InChI=1S/C25H33N3O5S/c1-5-33-21-13-11-20(12-14-21)28-23(29)17-27(34(31,32)22-9-7-6-8-10-22)18-25(28,4)24(30)26-16-15-19(2)3/h6-14,19H,5,15-18H2,1-4H3,(H,26,30)/t25-/m1/s1. The van der Waals surface area contributed by atoms with Crippen molar-refractivity contribution in [3.63, 3.8) is 0 Å². The van der Waals surface area contributed by atoms with E-state index in [4.69, 9.17) is 4.74 Å². The molecule has 2 aromatic rings. The lowest BCUT2D eigenvalue weighted by Crippen LogP contribution is -2.70. The lowest BCUT2D eigenvalue weighted by atomic mass is 9.94. The molecule has 9 heteroatoms. The van der Waals surface area contributed by atoms with Gasteiger partial charge in [-0.1, -0.05) is 32.0 Å². The molecule has 1 aliphatic heterocycles. The van der Waals surface area contributed by atoms with Crippen molar-refractivity contribution in [2.24, 2.45) is 5.92 Å². The summed E-state index contributed by atoms with van der Waals surface area (Å²) in [5.74, 6) is 0.158. The molecule has 1 aliphatic rings. The molecule has 0 spiro atoms. The zero-order valence-corrected chi connectivity index (χ0v) is 21.0. The number of anilines is 1. The van der Waals surface area contributed by atoms with E-state index in [1.54, 1.807) is 49.4 Å². The predicted octanol–water partition coefficient (Wildman–Crippen LogP) is 3.04. The van der Waals surface area contributed by atoms with Gasteiger partial charge < -0.3 is 10.1 Å². The summed E-state index contributed by atoms with van der Waals surface area (Å²) < 4.78 is 33.2. The summed E-state index contributed by atoms with van der Waals surface area (Å²) in [7, 11) is -3.97. The highest BCUT2D eigenvalue weighted by atomic mass is 32.2. The van der Waals surface area contributed by atoms with Crippen molar-refractivity contribution in [3.05, 3.63) is 54.6 Å². The van der Waals surface area contributed by atoms with Gasteiger partial charge in [-0.2, -0.15) is 4.31 Å². The van der Waals surface area contributed by atoms with Crippen LogP contribution < -0.4 is 15.0 Å². The van der Waals surface area contributed by atoms with Crippen LogP contribution in [0.25, 0.3) is 0 Å². The SMILES string of the molecule is CCOc1ccc(N2C(=O)CN(S(=O)(=O)c3ccccc3)C[C@]2(C)C(=O)NCCC(C)C)cc1. The van der Waals surface area contributed by atoms with Gasteiger partial charge in [-0.05, 0) is 62.6 Å². The molecule has 0 saturated carbocycles. The van der Waals surface area contributed by atoms with Crippen LogP contribution in [0.1, 0.15) is 34.1 Å². The Morgan fingerprint density at radius 2 is 1.76 bits per heavy atom. The number of rotatable bonds is 9. The summed E-state index contributed by atoms with van der Waals surface area (Å²) in [5.41, 5.74) is -0.937. The van der Waals surface area contributed by atoms with E-state index < -0.39 is 27.4 Å². The normalized spacial score (nSPS) is 19.3. The van der Waals surface area contributed by atoms with Crippen molar-refractivity contribution in [1.82, 2.24) is 9.62 Å². The van der Waals surface area contributed by atoms with Crippen LogP contribution in [0.3, 0.4) is 0 Å². The molecule has 1 heterocycles. The van der Waals surface area contributed by atoms with Gasteiger partial charge in [0, 0.05) is 18.8 Å². The summed E-state index contributed by atoms with van der Waals surface area (Å²) in [6.07, 6.45) is 0.769. The molecular weight excluding hydrogens is 454 g/mol. The maximum absolute atomic E-state index is 13.5. The Morgan fingerprint density at radius 3 is 2.35 bits per heavy atom. The monoisotopic (exact) mass is 487 g/mol. The number of carbonyl (C=O) groups is 2. The van der Waals surface area contributed by atoms with E-state index in [9.17, 15) is 18.0 Å². The molecule has 1 atom stereocenters. The van der Waals surface area contributed by atoms with E-state index in [0.717, 1.165) is 10.7 Å². The number of hydrogen-bond acceptors (Lipinski definition) is 5. The molecule has 8 nitrogen and oxygen atoms in total. The van der Waals surface area contributed by atoms with Gasteiger partial charge in [0.2, 0.25) is 21.8 Å². The summed E-state index contributed by atoms with van der Waals surface area (Å²) in [4.78, 5) is 28.4. The van der Waals surface area contributed by atoms with Crippen molar-refractivity contribution in [2.75, 3.05) is 31.1 Å². The van der Waals surface area contributed by atoms with Gasteiger partial charge in [0.1, 0.15) is 11.3 Å². The lowest BCUT2D eigenvalue weighted by molar-refractivity contribution is -0.132. The first-order valence-electron chi connectivity index (χ1n) is 11.5. The number of carbonyl (C=O) groups excluding carboxylic acids is 2. The molecule has 1 fully saturated rings. The fourth-order valence-corrected chi connectivity index (χ4v) is 5.50. The average molecular weight is 488 g/mol. The third kappa shape index (κ3) is 5.42. The summed E-state index contributed by atoms with van der Waals surface area (Å²) in [6, 6.07) is 14.8. The van der Waals surface area contributed by atoms with E-state index in [1.807, 2.05) is 6.92 Å². The maximum Gasteiger partial charge on any atom is 0.247 e. The molecule has 0 radical (unpaired) electrons. The molecule has 1 N–H and O–H groups in total. The van der Waals surface area contributed by atoms with Crippen LogP contribution in [0, 0.1) is 5.92 Å². The van der Waals surface area contributed by atoms with Crippen LogP contribution in [0.15, 0.2) is 59.5 Å². The molecule has 1 saturated heterocycles. The Morgan fingerprint density at radius 1 is 1.12 bits per heavy atom. The predicted molar refractivity (Wildman–Crippen MR) is 131 cm³/mol. The molecular formula is C25H33N3O5S. The number of ether oxygens (including phenoxy) is 1. The largest absolute Gasteiger partial charge is 0.494 e. The molecule has 2 amide bonds. The molecule has 34 heavy (non-hydrogen) atoms. The maximum atomic E-state index is 13.5. The minimum Gasteiger partial charge on any atom is -0.494 e. The number of hydrogen-bond donors (Lipinski definition) is 1. The first-order chi connectivity index (χ1) is 16.1. The summed E-state index contributed by atoms with van der Waals surface area (Å²) >= 11 is 0. The molecule has 0 unspecified atom stereocenters. The first-order valence-corrected chi connectivity index (χ1v) is 12.9. The molecule has 2 aromatic carbocycles. The van der Waals surface area contributed by atoms with Crippen molar-refractivity contribution in [3.8, 4) is 5.75 Å². The second kappa shape index (κ2) is 10.6. The molecule has 0 bridgehead atoms. The minimum atomic E-state index is -3.97. The number of piperazine rings is 1. The quantitative estimate of drug-likeness (QED) is 0.587. The van der Waals surface area contributed by atoms with E-state index in [1.165, 1.54) is 17.0 Å². The highest BCUT2D eigenvalue weighted by molar-refractivity contribution is 7.89. The van der Waals surface area contributed by atoms with Gasteiger partial charge in [0.15, 0.2) is 0 Å². The Balaban J connectivity index is 1.98. The van der Waals surface area contributed by atoms with Crippen LogP contribution in [0.2, 0.25) is 0 Å². The van der Waals surface area contributed by atoms with Crippen LogP contribution in [0.5, 0.6) is 5.75 Å². The Hall–Kier alpha value is -2.91. The van der Waals surface area contributed by atoms with Crippen LogP contribution >= 0.6 is 0 Å². The molecule has 184 valence electrons. The van der Waals surface area contributed by atoms with E-state index in [-0.39, 0.29) is 18.0 Å². The second-order valence-electron chi connectivity index (χ2n) is 8.95. The highest BCUT2D eigenvalue weighted by Gasteiger charge is 2.51. The van der Waals surface area contributed by atoms with Crippen molar-refractivity contribution in [1.29, 1.82) is 0 Å².